The Morgan fingerprint density at radius 2 is 0.671 bits per heavy atom. The SMILES string of the molecule is Cc1cccc(-c2ccc(N(c3ccccc3)c3cc(N(c4ccccc4)c4ccc(-c5cccc(C)c5)cc4)cc(N(c4ccc(-c5cccc6c5oc5ccccc56)cc4)c4ccc5ccccc5c4)c3)cc2)c1. The van der Waals surface area contributed by atoms with Gasteiger partial charge in [-0.1, -0.05) is 199 Å². The van der Waals surface area contributed by atoms with Gasteiger partial charge in [-0.15, -0.1) is 0 Å². The summed E-state index contributed by atoms with van der Waals surface area (Å²) in [7, 11) is 0. The van der Waals surface area contributed by atoms with Crippen LogP contribution >= 0.6 is 0 Å². The third-order valence-electron chi connectivity index (χ3n) is 14.5. The van der Waals surface area contributed by atoms with Gasteiger partial charge in [0.25, 0.3) is 0 Å². The molecule has 4 heteroatoms. The van der Waals surface area contributed by atoms with E-state index < -0.39 is 0 Å². The largest absolute Gasteiger partial charge is 0.455 e. The average Bonchev–Trinajstić information content (AvgIpc) is 3.86. The molecule has 0 unspecified atom stereocenters. The number of rotatable bonds is 12. The number of hydrogen-bond acceptors (Lipinski definition) is 4. The monoisotopic (exact) mass is 975 g/mol. The second-order valence-electron chi connectivity index (χ2n) is 19.6. The fourth-order valence-electron chi connectivity index (χ4n) is 10.8. The van der Waals surface area contributed by atoms with Crippen LogP contribution in [0, 0.1) is 13.8 Å². The summed E-state index contributed by atoms with van der Waals surface area (Å²) in [5.74, 6) is 0. The van der Waals surface area contributed by atoms with Crippen LogP contribution in [-0.2, 0) is 0 Å². The Hall–Kier alpha value is -9.90. The van der Waals surface area contributed by atoms with Crippen molar-refractivity contribution in [3.63, 3.8) is 0 Å². The topological polar surface area (TPSA) is 22.9 Å². The summed E-state index contributed by atoms with van der Waals surface area (Å²) in [5.41, 5.74) is 20.3. The zero-order valence-corrected chi connectivity index (χ0v) is 42.4. The van der Waals surface area contributed by atoms with Crippen LogP contribution in [-0.4, -0.2) is 0 Å². The molecule has 0 atom stereocenters. The molecule has 0 saturated carbocycles. The quantitative estimate of drug-likeness (QED) is 0.122. The smallest absolute Gasteiger partial charge is 0.143 e. The van der Waals surface area contributed by atoms with Crippen molar-refractivity contribution in [3.8, 4) is 33.4 Å². The Bertz CT molecular complexity index is 4030. The summed E-state index contributed by atoms with van der Waals surface area (Å²) in [5, 5.41) is 4.57. The number of fused-ring (bicyclic) bond motifs is 4. The molecule has 13 aromatic rings. The first-order valence-electron chi connectivity index (χ1n) is 26.0. The fourth-order valence-corrected chi connectivity index (χ4v) is 10.8. The molecule has 0 aliphatic carbocycles. The van der Waals surface area contributed by atoms with Crippen LogP contribution in [0.25, 0.3) is 66.1 Å². The van der Waals surface area contributed by atoms with Gasteiger partial charge in [0.1, 0.15) is 11.2 Å². The van der Waals surface area contributed by atoms with Gasteiger partial charge in [-0.05, 0) is 149 Å². The molecule has 0 bridgehead atoms. The van der Waals surface area contributed by atoms with Crippen LogP contribution in [0.15, 0.2) is 290 Å². The molecule has 0 amide bonds. The van der Waals surface area contributed by atoms with Crippen LogP contribution < -0.4 is 14.7 Å². The second kappa shape index (κ2) is 19.8. The van der Waals surface area contributed by atoms with Crippen molar-refractivity contribution in [2.75, 3.05) is 14.7 Å². The molecule has 76 heavy (non-hydrogen) atoms. The molecule has 362 valence electrons. The van der Waals surface area contributed by atoms with Crippen LogP contribution in [0.2, 0.25) is 0 Å². The highest BCUT2D eigenvalue weighted by Crippen LogP contribution is 2.47. The van der Waals surface area contributed by atoms with Gasteiger partial charge < -0.3 is 19.1 Å². The van der Waals surface area contributed by atoms with Crippen molar-refractivity contribution in [2.45, 2.75) is 13.8 Å². The molecule has 12 aromatic carbocycles. The summed E-state index contributed by atoms with van der Waals surface area (Å²) < 4.78 is 6.56. The Labute approximate surface area is 444 Å². The molecule has 0 fully saturated rings. The summed E-state index contributed by atoms with van der Waals surface area (Å²) >= 11 is 0. The second-order valence-corrected chi connectivity index (χ2v) is 19.6. The molecule has 0 radical (unpaired) electrons. The van der Waals surface area contributed by atoms with Gasteiger partial charge in [-0.25, -0.2) is 0 Å². The predicted octanol–water partition coefficient (Wildman–Crippen LogP) is 20.8. The Morgan fingerprint density at radius 1 is 0.250 bits per heavy atom. The maximum atomic E-state index is 6.56. The van der Waals surface area contributed by atoms with Crippen LogP contribution in [0.5, 0.6) is 0 Å². The number of hydrogen-bond donors (Lipinski definition) is 0. The lowest BCUT2D eigenvalue weighted by Crippen LogP contribution is -2.16. The van der Waals surface area contributed by atoms with Crippen molar-refractivity contribution >= 4 is 83.9 Å². The van der Waals surface area contributed by atoms with E-state index in [-0.39, 0.29) is 0 Å². The van der Waals surface area contributed by atoms with Crippen LogP contribution in [0.3, 0.4) is 0 Å². The van der Waals surface area contributed by atoms with Gasteiger partial charge in [-0.2, -0.15) is 0 Å². The van der Waals surface area contributed by atoms with E-state index >= 15 is 0 Å². The maximum absolute atomic E-state index is 6.56. The van der Waals surface area contributed by atoms with Gasteiger partial charge in [-0.3, -0.25) is 0 Å². The lowest BCUT2D eigenvalue weighted by molar-refractivity contribution is 0.670. The van der Waals surface area contributed by atoms with E-state index in [0.29, 0.717) is 0 Å². The minimum absolute atomic E-state index is 0.887. The Balaban J connectivity index is 1.03. The van der Waals surface area contributed by atoms with E-state index in [1.54, 1.807) is 0 Å². The van der Waals surface area contributed by atoms with Crippen LogP contribution in [0.1, 0.15) is 11.1 Å². The van der Waals surface area contributed by atoms with E-state index in [2.05, 4.69) is 302 Å². The van der Waals surface area contributed by atoms with E-state index in [4.69, 9.17) is 4.42 Å². The minimum Gasteiger partial charge on any atom is -0.455 e. The molecule has 0 N–H and O–H groups in total. The fraction of sp³-hybridized carbons (Fsp3) is 0.0278. The highest BCUT2D eigenvalue weighted by Gasteiger charge is 2.23. The van der Waals surface area contributed by atoms with Gasteiger partial charge in [0.15, 0.2) is 0 Å². The molecule has 4 nitrogen and oxygen atoms in total. The molecular formula is C72H53N3O. The summed E-state index contributed by atoms with van der Waals surface area (Å²) in [6, 6.07) is 103. The first-order chi connectivity index (χ1) is 37.5. The van der Waals surface area contributed by atoms with Gasteiger partial charge >= 0.3 is 0 Å². The number of nitrogens with zero attached hydrogens (tertiary/aromatic N) is 3. The minimum atomic E-state index is 0.887. The third-order valence-corrected chi connectivity index (χ3v) is 14.5. The third kappa shape index (κ3) is 8.93. The van der Waals surface area contributed by atoms with Crippen molar-refractivity contribution in [1.29, 1.82) is 0 Å². The number of anilines is 9. The zero-order valence-electron chi connectivity index (χ0n) is 42.4. The van der Waals surface area contributed by atoms with Gasteiger partial charge in [0.05, 0.1) is 17.1 Å². The number of para-hydroxylation sites is 4. The lowest BCUT2D eigenvalue weighted by atomic mass is 10.0. The molecule has 0 spiro atoms. The highest BCUT2D eigenvalue weighted by molar-refractivity contribution is 6.09. The van der Waals surface area contributed by atoms with E-state index in [1.807, 2.05) is 12.1 Å². The molecular weight excluding hydrogens is 923 g/mol. The molecule has 13 rings (SSSR count). The highest BCUT2D eigenvalue weighted by atomic mass is 16.3. The van der Waals surface area contributed by atoms with Crippen LogP contribution in [0.4, 0.5) is 51.2 Å². The number of benzene rings is 12. The summed E-state index contributed by atoms with van der Waals surface area (Å²) in [4.78, 5) is 7.17. The molecule has 0 saturated heterocycles. The normalized spacial score (nSPS) is 11.3. The first kappa shape index (κ1) is 45.9. The van der Waals surface area contributed by atoms with E-state index in [1.165, 1.54) is 38.8 Å². The van der Waals surface area contributed by atoms with Gasteiger partial charge in [0, 0.05) is 50.5 Å². The van der Waals surface area contributed by atoms with Crippen molar-refractivity contribution in [1.82, 2.24) is 0 Å². The Kier molecular flexibility index (Phi) is 12.0. The van der Waals surface area contributed by atoms with Crippen molar-refractivity contribution in [2.24, 2.45) is 0 Å². The summed E-state index contributed by atoms with van der Waals surface area (Å²) in [6.07, 6.45) is 0. The Morgan fingerprint density at radius 3 is 1.21 bits per heavy atom. The van der Waals surface area contributed by atoms with E-state index in [0.717, 1.165) is 89.6 Å². The lowest BCUT2D eigenvalue weighted by Gasteiger charge is -2.33. The van der Waals surface area contributed by atoms with Gasteiger partial charge in [0.2, 0.25) is 0 Å². The average molecular weight is 976 g/mol. The van der Waals surface area contributed by atoms with Crippen molar-refractivity contribution in [3.05, 3.63) is 296 Å². The molecule has 0 aliphatic heterocycles. The number of furan rings is 1. The predicted molar refractivity (Wildman–Crippen MR) is 321 cm³/mol. The first-order valence-corrected chi connectivity index (χ1v) is 26.0. The summed E-state index contributed by atoms with van der Waals surface area (Å²) in [6.45, 7) is 4.30. The standard InChI is InChI=1S/C72H53N3O/c1-50-16-13-20-56(44-50)53-30-37-61(38-31-53)73(59-22-5-3-6-23-59)65-47-66(74(60-24-7-4-8-25-60)62-39-32-54(33-40-62)57-21-14-17-51(2)45-57)49-67(48-65)75(64-43-34-52-18-9-10-19-58(52)46-64)63-41-35-55(36-42-63)68-27-15-28-70-69-26-11-12-29-71(69)76-72(68)70/h3-49H,1-2H3. The molecule has 1 aromatic heterocycles. The van der Waals surface area contributed by atoms with E-state index in [9.17, 15) is 0 Å². The molecule has 0 aliphatic rings. The van der Waals surface area contributed by atoms with Crippen molar-refractivity contribution < 1.29 is 4.42 Å². The number of aryl methyl sites for hydroxylation is 2. The zero-order chi connectivity index (χ0) is 51.0. The molecule has 1 heterocycles. The maximum Gasteiger partial charge on any atom is 0.143 e.